The number of hydrogen-bond donors (Lipinski definition) is 2. The second-order valence-electron chi connectivity index (χ2n) is 8.48. The Balaban J connectivity index is 1.96. The average Bonchev–Trinajstić information content (AvgIpc) is 3.13. The number of benzene rings is 2. The third kappa shape index (κ3) is 5.33. The Morgan fingerprint density at radius 1 is 1.06 bits per heavy atom. The highest BCUT2D eigenvalue weighted by Gasteiger charge is 2.48. The average molecular weight is 474 g/mol. The number of anilines is 1. The van der Waals surface area contributed by atoms with E-state index in [4.69, 9.17) is 10.5 Å². The lowest BCUT2D eigenvalue weighted by atomic mass is 9.72. The third-order valence-electron chi connectivity index (χ3n) is 6.07. The van der Waals surface area contributed by atoms with Gasteiger partial charge in [-0.1, -0.05) is 18.2 Å². The third-order valence-corrected chi connectivity index (χ3v) is 6.07. The topological polar surface area (TPSA) is 64.3 Å². The van der Waals surface area contributed by atoms with Crippen LogP contribution < -0.4 is 11.1 Å². The molecule has 1 heterocycles. The number of rotatable bonds is 5. The molecule has 1 fully saturated rings. The van der Waals surface area contributed by atoms with Gasteiger partial charge in [0.15, 0.2) is 0 Å². The van der Waals surface area contributed by atoms with Crippen molar-refractivity contribution in [3.8, 4) is 0 Å². The van der Waals surface area contributed by atoms with Crippen LogP contribution in [0, 0.1) is 25.2 Å². The summed E-state index contributed by atoms with van der Waals surface area (Å²) in [5.41, 5.74) is 3.98. The molecule has 0 saturated carbocycles. The van der Waals surface area contributed by atoms with Crippen molar-refractivity contribution in [1.29, 1.82) is 0 Å². The molecule has 3 N–H and O–H groups in total. The van der Waals surface area contributed by atoms with Crippen molar-refractivity contribution < 1.29 is 35.9 Å². The highest BCUT2D eigenvalue weighted by Crippen LogP contribution is 2.41. The zero-order valence-corrected chi connectivity index (χ0v) is 18.0. The molecule has 4 nitrogen and oxygen atoms in total. The van der Waals surface area contributed by atoms with Crippen LogP contribution >= 0.6 is 0 Å². The molecule has 1 aliphatic rings. The molecule has 2 aromatic carbocycles. The SMILES string of the molecule is Cc1cccc(C)c1NC(=O)C1COCC1(CN)Cc1cc(C(F)(F)F)cc(C(F)(F)F)c1. The van der Waals surface area contributed by atoms with E-state index in [1.54, 1.807) is 0 Å². The summed E-state index contributed by atoms with van der Waals surface area (Å²) < 4.78 is 85.1. The van der Waals surface area contributed by atoms with Crippen molar-refractivity contribution >= 4 is 11.6 Å². The molecule has 1 saturated heterocycles. The van der Waals surface area contributed by atoms with Gasteiger partial charge in [-0.2, -0.15) is 26.3 Å². The first-order chi connectivity index (χ1) is 15.3. The molecule has 0 aliphatic carbocycles. The van der Waals surface area contributed by atoms with Crippen LogP contribution in [0.5, 0.6) is 0 Å². The molecule has 10 heteroatoms. The summed E-state index contributed by atoms with van der Waals surface area (Å²) in [4.78, 5) is 13.1. The molecule has 2 unspecified atom stereocenters. The number of carbonyl (C=O) groups is 1. The van der Waals surface area contributed by atoms with Gasteiger partial charge in [-0.15, -0.1) is 0 Å². The first kappa shape index (κ1) is 25.0. The zero-order valence-electron chi connectivity index (χ0n) is 18.0. The van der Waals surface area contributed by atoms with E-state index in [1.165, 1.54) is 0 Å². The lowest BCUT2D eigenvalue weighted by Crippen LogP contribution is -2.45. The smallest absolute Gasteiger partial charge is 0.380 e. The van der Waals surface area contributed by atoms with Crippen molar-refractivity contribution in [2.24, 2.45) is 17.1 Å². The van der Waals surface area contributed by atoms with Gasteiger partial charge < -0.3 is 15.8 Å². The Kier molecular flexibility index (Phi) is 6.82. The van der Waals surface area contributed by atoms with Gasteiger partial charge in [0.2, 0.25) is 5.91 Å². The number of carbonyl (C=O) groups excluding carboxylic acids is 1. The molecule has 180 valence electrons. The summed E-state index contributed by atoms with van der Waals surface area (Å²) in [5, 5.41) is 2.83. The summed E-state index contributed by atoms with van der Waals surface area (Å²) >= 11 is 0. The molecular formula is C23H24F6N2O2. The van der Waals surface area contributed by atoms with Gasteiger partial charge in [0.25, 0.3) is 0 Å². The summed E-state index contributed by atoms with van der Waals surface area (Å²) in [6, 6.07) is 6.87. The maximum atomic E-state index is 13.3. The Morgan fingerprint density at radius 3 is 2.09 bits per heavy atom. The number of hydrogen-bond acceptors (Lipinski definition) is 3. The van der Waals surface area contributed by atoms with Gasteiger partial charge in [0.05, 0.1) is 30.3 Å². The van der Waals surface area contributed by atoms with Crippen LogP contribution in [0.4, 0.5) is 32.0 Å². The molecule has 2 aromatic rings. The van der Waals surface area contributed by atoms with Crippen molar-refractivity contribution in [3.05, 3.63) is 64.2 Å². The number of nitrogens with two attached hydrogens (primary N) is 1. The highest BCUT2D eigenvalue weighted by molar-refractivity contribution is 5.94. The molecule has 0 spiro atoms. The minimum atomic E-state index is -4.96. The minimum Gasteiger partial charge on any atom is -0.380 e. The normalized spacial score (nSPS) is 21.3. The van der Waals surface area contributed by atoms with Gasteiger partial charge >= 0.3 is 12.4 Å². The number of amides is 1. The highest BCUT2D eigenvalue weighted by atomic mass is 19.4. The molecule has 33 heavy (non-hydrogen) atoms. The van der Waals surface area contributed by atoms with Crippen LogP contribution in [0.15, 0.2) is 36.4 Å². The van der Waals surface area contributed by atoms with Crippen LogP contribution in [0.1, 0.15) is 27.8 Å². The first-order valence-electron chi connectivity index (χ1n) is 10.2. The summed E-state index contributed by atoms with van der Waals surface area (Å²) in [5.74, 6) is -1.30. The lowest BCUT2D eigenvalue weighted by molar-refractivity contribution is -0.143. The van der Waals surface area contributed by atoms with Crippen molar-refractivity contribution in [2.45, 2.75) is 32.6 Å². The van der Waals surface area contributed by atoms with Crippen LogP contribution in [0.2, 0.25) is 0 Å². The summed E-state index contributed by atoms with van der Waals surface area (Å²) in [7, 11) is 0. The fourth-order valence-corrected chi connectivity index (χ4v) is 4.21. The van der Waals surface area contributed by atoms with E-state index >= 15 is 0 Å². The molecule has 1 aliphatic heterocycles. The zero-order chi connectivity index (χ0) is 24.6. The molecular weight excluding hydrogens is 450 g/mol. The van der Waals surface area contributed by atoms with Crippen LogP contribution in [0.3, 0.4) is 0 Å². The van der Waals surface area contributed by atoms with Crippen molar-refractivity contribution in [3.63, 3.8) is 0 Å². The van der Waals surface area contributed by atoms with Gasteiger partial charge in [-0.3, -0.25) is 4.79 Å². The van der Waals surface area contributed by atoms with E-state index in [2.05, 4.69) is 5.32 Å². The van der Waals surface area contributed by atoms with Crippen LogP contribution in [-0.2, 0) is 28.3 Å². The van der Waals surface area contributed by atoms with Gasteiger partial charge in [0, 0.05) is 17.6 Å². The van der Waals surface area contributed by atoms with E-state index < -0.39 is 40.7 Å². The molecule has 0 bridgehead atoms. The largest absolute Gasteiger partial charge is 0.416 e. The molecule has 2 atom stereocenters. The van der Waals surface area contributed by atoms with Crippen molar-refractivity contribution in [1.82, 2.24) is 0 Å². The molecule has 1 amide bonds. The Hall–Kier alpha value is -2.59. The Morgan fingerprint density at radius 2 is 1.61 bits per heavy atom. The monoisotopic (exact) mass is 474 g/mol. The molecule has 3 rings (SSSR count). The Bertz CT molecular complexity index is 982. The maximum absolute atomic E-state index is 13.3. The summed E-state index contributed by atoms with van der Waals surface area (Å²) in [6.45, 7) is 3.36. The first-order valence-corrected chi connectivity index (χ1v) is 10.2. The maximum Gasteiger partial charge on any atom is 0.416 e. The number of ether oxygens (including phenoxy) is 1. The van der Waals surface area contributed by atoms with E-state index in [0.717, 1.165) is 11.1 Å². The predicted molar refractivity (Wildman–Crippen MR) is 110 cm³/mol. The summed E-state index contributed by atoms with van der Waals surface area (Å²) in [6.07, 6.45) is -10.2. The lowest BCUT2D eigenvalue weighted by Gasteiger charge is -2.32. The molecule has 0 aromatic heterocycles. The fraction of sp³-hybridized carbons (Fsp3) is 0.435. The van der Waals surface area contributed by atoms with E-state index in [0.29, 0.717) is 17.8 Å². The second kappa shape index (κ2) is 8.98. The predicted octanol–water partition coefficient (Wildman–Crippen LogP) is 5.11. The van der Waals surface area contributed by atoms with Gasteiger partial charge in [-0.25, -0.2) is 0 Å². The Labute approximate surface area is 187 Å². The number of aryl methyl sites for hydroxylation is 2. The number of alkyl halides is 6. The standard InChI is InChI=1S/C23H24F6N2O2/c1-13-4-3-5-14(2)19(13)31-20(32)18-10-33-12-21(18,11-30)9-15-6-16(22(24,25)26)8-17(7-15)23(27,28)29/h3-8,18H,9-12,30H2,1-2H3,(H,31,32). The number of para-hydroxylation sites is 1. The second-order valence-corrected chi connectivity index (χ2v) is 8.48. The van der Waals surface area contributed by atoms with Crippen molar-refractivity contribution in [2.75, 3.05) is 25.1 Å². The van der Waals surface area contributed by atoms with Crippen LogP contribution in [-0.4, -0.2) is 25.7 Å². The van der Waals surface area contributed by atoms with E-state index in [-0.39, 0.29) is 37.8 Å². The molecule has 0 radical (unpaired) electrons. The van der Waals surface area contributed by atoms with Crippen LogP contribution in [0.25, 0.3) is 0 Å². The minimum absolute atomic E-state index is 0.0426. The number of nitrogens with one attached hydrogen (secondary N) is 1. The van der Waals surface area contributed by atoms with Gasteiger partial charge in [0.1, 0.15) is 0 Å². The number of halogens is 6. The fourth-order valence-electron chi connectivity index (χ4n) is 4.21. The van der Waals surface area contributed by atoms with Gasteiger partial charge in [-0.05, 0) is 55.2 Å². The quantitative estimate of drug-likeness (QED) is 0.592. The van der Waals surface area contributed by atoms with E-state index in [9.17, 15) is 31.1 Å². The van der Waals surface area contributed by atoms with E-state index in [1.807, 2.05) is 32.0 Å².